The van der Waals surface area contributed by atoms with Gasteiger partial charge >= 0.3 is 0 Å². The molecule has 88 valence electrons. The van der Waals surface area contributed by atoms with Gasteiger partial charge in [0, 0.05) is 19.2 Å². The maximum Gasteiger partial charge on any atom is 0.142 e. The maximum absolute atomic E-state index is 5.80. The molecular weight excluding hydrogens is 202 g/mol. The second kappa shape index (κ2) is 5.16. The van der Waals surface area contributed by atoms with Gasteiger partial charge in [0.15, 0.2) is 0 Å². The highest BCUT2D eigenvalue weighted by Crippen LogP contribution is 2.20. The van der Waals surface area contributed by atoms with Crippen molar-refractivity contribution in [1.29, 1.82) is 0 Å². The van der Waals surface area contributed by atoms with Crippen molar-refractivity contribution in [2.24, 2.45) is 0 Å². The third kappa shape index (κ3) is 2.64. The van der Waals surface area contributed by atoms with Crippen molar-refractivity contribution in [1.82, 2.24) is 10.3 Å². The van der Waals surface area contributed by atoms with Crippen LogP contribution in [0.2, 0.25) is 0 Å². The van der Waals surface area contributed by atoms with E-state index in [4.69, 9.17) is 4.74 Å². The van der Waals surface area contributed by atoms with E-state index in [0.717, 1.165) is 30.3 Å². The Morgan fingerprint density at radius 3 is 3.19 bits per heavy atom. The predicted molar refractivity (Wildman–Crippen MR) is 65.0 cm³/mol. The molecule has 0 saturated carbocycles. The third-order valence-corrected chi connectivity index (χ3v) is 2.93. The minimum atomic E-state index is 0.498. The van der Waals surface area contributed by atoms with E-state index in [0.29, 0.717) is 6.04 Å². The fraction of sp³-hybridized carbons (Fsp3) is 0.583. The summed E-state index contributed by atoms with van der Waals surface area (Å²) in [6, 6.07) is 2.50. The standard InChI is InChI=1S/C12H19N3O/c1-9-12(6-11(13-2)7-15-9)16-8-10-4-3-5-14-10/h6-7,10,13-14H,3-5,8H2,1-2H3/t10-/m0/s1. The zero-order valence-corrected chi connectivity index (χ0v) is 9.92. The fourth-order valence-corrected chi connectivity index (χ4v) is 1.89. The zero-order valence-electron chi connectivity index (χ0n) is 9.92. The maximum atomic E-state index is 5.80. The van der Waals surface area contributed by atoms with Gasteiger partial charge in [-0.05, 0) is 26.3 Å². The quantitative estimate of drug-likeness (QED) is 0.810. The summed E-state index contributed by atoms with van der Waals surface area (Å²) < 4.78 is 5.80. The highest BCUT2D eigenvalue weighted by atomic mass is 16.5. The van der Waals surface area contributed by atoms with Gasteiger partial charge in [-0.25, -0.2) is 0 Å². The molecule has 2 N–H and O–H groups in total. The van der Waals surface area contributed by atoms with Crippen LogP contribution in [0.3, 0.4) is 0 Å². The predicted octanol–water partition coefficient (Wildman–Crippen LogP) is 1.56. The summed E-state index contributed by atoms with van der Waals surface area (Å²) in [6.45, 7) is 3.81. The Hall–Kier alpha value is -1.29. The lowest BCUT2D eigenvalue weighted by molar-refractivity contribution is 0.274. The van der Waals surface area contributed by atoms with Crippen LogP contribution in [0.4, 0.5) is 5.69 Å². The summed E-state index contributed by atoms with van der Waals surface area (Å²) in [5.41, 5.74) is 1.93. The molecule has 2 heterocycles. The number of ether oxygens (including phenoxy) is 1. The van der Waals surface area contributed by atoms with Crippen molar-refractivity contribution in [3.63, 3.8) is 0 Å². The largest absolute Gasteiger partial charge is 0.490 e. The van der Waals surface area contributed by atoms with Gasteiger partial charge in [-0.3, -0.25) is 4.98 Å². The highest BCUT2D eigenvalue weighted by molar-refractivity contribution is 5.47. The topological polar surface area (TPSA) is 46.2 Å². The van der Waals surface area contributed by atoms with Gasteiger partial charge in [0.05, 0.1) is 17.6 Å². The van der Waals surface area contributed by atoms with Crippen molar-refractivity contribution >= 4 is 5.69 Å². The number of pyridine rings is 1. The third-order valence-electron chi connectivity index (χ3n) is 2.93. The Kier molecular flexibility index (Phi) is 3.62. The van der Waals surface area contributed by atoms with Gasteiger partial charge in [-0.15, -0.1) is 0 Å². The molecule has 0 aliphatic carbocycles. The first kappa shape index (κ1) is 11.2. The summed E-state index contributed by atoms with van der Waals surface area (Å²) >= 11 is 0. The van der Waals surface area contributed by atoms with E-state index in [2.05, 4.69) is 15.6 Å². The Balaban J connectivity index is 1.96. The van der Waals surface area contributed by atoms with Crippen molar-refractivity contribution in [3.05, 3.63) is 18.0 Å². The number of rotatable bonds is 4. The van der Waals surface area contributed by atoms with Crippen LogP contribution in [0.5, 0.6) is 5.75 Å². The first-order valence-corrected chi connectivity index (χ1v) is 5.80. The van der Waals surface area contributed by atoms with Crippen molar-refractivity contribution in [3.8, 4) is 5.75 Å². The molecule has 4 heteroatoms. The number of hydrogen-bond acceptors (Lipinski definition) is 4. The van der Waals surface area contributed by atoms with Crippen molar-refractivity contribution < 1.29 is 4.74 Å². The van der Waals surface area contributed by atoms with Gasteiger partial charge in [-0.2, -0.15) is 0 Å². The second-order valence-electron chi connectivity index (χ2n) is 4.16. The Morgan fingerprint density at radius 1 is 1.62 bits per heavy atom. The number of aromatic nitrogens is 1. The minimum Gasteiger partial charge on any atom is -0.490 e. The molecule has 16 heavy (non-hydrogen) atoms. The molecule has 0 spiro atoms. The van der Waals surface area contributed by atoms with Gasteiger partial charge in [0.25, 0.3) is 0 Å². The first-order chi connectivity index (χ1) is 7.79. The molecule has 1 aromatic rings. The van der Waals surface area contributed by atoms with E-state index in [9.17, 15) is 0 Å². The van der Waals surface area contributed by atoms with Crippen molar-refractivity contribution in [2.75, 3.05) is 25.5 Å². The van der Waals surface area contributed by atoms with Crippen LogP contribution in [0, 0.1) is 6.92 Å². The Morgan fingerprint density at radius 2 is 2.50 bits per heavy atom. The summed E-state index contributed by atoms with van der Waals surface area (Å²) in [5, 5.41) is 6.48. The molecule has 1 fully saturated rings. The summed E-state index contributed by atoms with van der Waals surface area (Å²) in [5.74, 6) is 0.876. The minimum absolute atomic E-state index is 0.498. The molecular formula is C12H19N3O. The van der Waals surface area contributed by atoms with Crippen molar-refractivity contribution in [2.45, 2.75) is 25.8 Å². The van der Waals surface area contributed by atoms with E-state index >= 15 is 0 Å². The molecule has 4 nitrogen and oxygen atoms in total. The molecule has 1 aliphatic heterocycles. The van der Waals surface area contributed by atoms with E-state index < -0.39 is 0 Å². The van der Waals surface area contributed by atoms with E-state index in [1.165, 1.54) is 12.8 Å². The fourth-order valence-electron chi connectivity index (χ4n) is 1.89. The molecule has 0 bridgehead atoms. The normalized spacial score (nSPS) is 19.8. The molecule has 0 amide bonds. The summed E-state index contributed by atoms with van der Waals surface area (Å²) in [4.78, 5) is 4.29. The SMILES string of the molecule is CNc1cnc(C)c(OC[C@@H]2CCCN2)c1. The number of hydrogen-bond donors (Lipinski definition) is 2. The van der Waals surface area contributed by atoms with Gasteiger partial charge in [0.1, 0.15) is 12.4 Å². The Labute approximate surface area is 96.4 Å². The molecule has 1 atom stereocenters. The second-order valence-corrected chi connectivity index (χ2v) is 4.16. The van der Waals surface area contributed by atoms with Crippen LogP contribution in [-0.2, 0) is 0 Å². The van der Waals surface area contributed by atoms with Crippen LogP contribution >= 0.6 is 0 Å². The molecule has 1 aromatic heterocycles. The molecule has 0 radical (unpaired) electrons. The zero-order chi connectivity index (χ0) is 11.4. The Bertz CT molecular complexity index is 348. The lowest BCUT2D eigenvalue weighted by atomic mass is 10.2. The van der Waals surface area contributed by atoms with Crippen LogP contribution in [-0.4, -0.2) is 31.2 Å². The lowest BCUT2D eigenvalue weighted by Crippen LogP contribution is -2.28. The molecule has 0 aromatic carbocycles. The smallest absolute Gasteiger partial charge is 0.142 e. The van der Waals surface area contributed by atoms with Crippen LogP contribution in [0.25, 0.3) is 0 Å². The van der Waals surface area contributed by atoms with Gasteiger partial charge in [-0.1, -0.05) is 0 Å². The summed E-state index contributed by atoms with van der Waals surface area (Å²) in [7, 11) is 1.88. The molecule has 1 saturated heterocycles. The van der Waals surface area contributed by atoms with E-state index in [-0.39, 0.29) is 0 Å². The molecule has 2 rings (SSSR count). The van der Waals surface area contributed by atoms with Crippen LogP contribution in [0.1, 0.15) is 18.5 Å². The first-order valence-electron chi connectivity index (χ1n) is 5.80. The molecule has 0 unspecified atom stereocenters. The van der Waals surface area contributed by atoms with E-state index in [1.807, 2.05) is 26.2 Å². The number of aryl methyl sites for hydroxylation is 1. The lowest BCUT2D eigenvalue weighted by Gasteiger charge is -2.14. The number of anilines is 1. The van der Waals surface area contributed by atoms with Crippen LogP contribution in [0.15, 0.2) is 12.3 Å². The average molecular weight is 221 g/mol. The molecule has 1 aliphatic rings. The highest BCUT2D eigenvalue weighted by Gasteiger charge is 2.15. The summed E-state index contributed by atoms with van der Waals surface area (Å²) in [6.07, 6.45) is 4.27. The number of nitrogens with one attached hydrogen (secondary N) is 2. The number of nitrogens with zero attached hydrogens (tertiary/aromatic N) is 1. The van der Waals surface area contributed by atoms with Crippen LogP contribution < -0.4 is 15.4 Å². The van der Waals surface area contributed by atoms with Gasteiger partial charge in [0.2, 0.25) is 0 Å². The van der Waals surface area contributed by atoms with Gasteiger partial charge < -0.3 is 15.4 Å². The monoisotopic (exact) mass is 221 g/mol. The van der Waals surface area contributed by atoms with E-state index in [1.54, 1.807) is 0 Å². The average Bonchev–Trinajstić information content (AvgIpc) is 2.81.